The summed E-state index contributed by atoms with van der Waals surface area (Å²) in [7, 11) is 0. The van der Waals surface area contributed by atoms with Crippen molar-refractivity contribution in [1.82, 2.24) is 19.6 Å². The molecule has 0 saturated heterocycles. The van der Waals surface area contributed by atoms with E-state index >= 15 is 0 Å². The Morgan fingerprint density at radius 1 is 1.15 bits per heavy atom. The van der Waals surface area contributed by atoms with Crippen LogP contribution in [0.1, 0.15) is 11.6 Å². The fourth-order valence-corrected chi connectivity index (χ4v) is 2.24. The number of aromatic nitrogens is 4. The molecule has 2 heterocycles. The van der Waals surface area contributed by atoms with Crippen molar-refractivity contribution in [2.45, 2.75) is 13.5 Å². The van der Waals surface area contributed by atoms with Gasteiger partial charge in [0.1, 0.15) is 23.3 Å². The first kappa shape index (κ1) is 13.1. The third kappa shape index (κ3) is 2.55. The molecule has 0 saturated carbocycles. The fraction of sp³-hybridized carbons (Fsp3) is 0.154. The SMILES string of the molecule is Cc1nc(Cl)cc2nnc(COc3ccc(Cl)cc3)n12. The molecule has 0 radical (unpaired) electrons. The van der Waals surface area contributed by atoms with Gasteiger partial charge in [-0.1, -0.05) is 23.2 Å². The molecule has 0 amide bonds. The summed E-state index contributed by atoms with van der Waals surface area (Å²) in [6, 6.07) is 8.80. The van der Waals surface area contributed by atoms with E-state index in [2.05, 4.69) is 15.2 Å². The molecule has 0 aliphatic heterocycles. The van der Waals surface area contributed by atoms with Gasteiger partial charge in [-0.15, -0.1) is 10.2 Å². The van der Waals surface area contributed by atoms with E-state index in [0.29, 0.717) is 33.2 Å². The quantitative estimate of drug-likeness (QED) is 0.697. The van der Waals surface area contributed by atoms with Crippen LogP contribution in [-0.2, 0) is 6.61 Å². The van der Waals surface area contributed by atoms with Crippen molar-refractivity contribution in [1.29, 1.82) is 0 Å². The maximum absolute atomic E-state index is 5.89. The predicted octanol–water partition coefficient (Wildman–Crippen LogP) is 3.32. The normalized spacial score (nSPS) is 10.9. The number of nitrogens with zero attached hydrogens (tertiary/aromatic N) is 4. The summed E-state index contributed by atoms with van der Waals surface area (Å²) in [6.45, 7) is 2.13. The summed E-state index contributed by atoms with van der Waals surface area (Å²) in [4.78, 5) is 4.18. The van der Waals surface area contributed by atoms with Gasteiger partial charge in [0.05, 0.1) is 0 Å². The number of benzene rings is 1. The molecule has 0 bridgehead atoms. The summed E-state index contributed by atoms with van der Waals surface area (Å²) >= 11 is 11.7. The molecule has 7 heteroatoms. The Bertz CT molecular complexity index is 755. The Labute approximate surface area is 125 Å². The minimum absolute atomic E-state index is 0.285. The van der Waals surface area contributed by atoms with E-state index in [4.69, 9.17) is 27.9 Å². The lowest BCUT2D eigenvalue weighted by atomic mass is 10.3. The number of hydrogen-bond donors (Lipinski definition) is 0. The maximum atomic E-state index is 5.89. The predicted molar refractivity (Wildman–Crippen MR) is 76.3 cm³/mol. The molecule has 2 aromatic heterocycles. The van der Waals surface area contributed by atoms with Crippen LogP contribution in [-0.4, -0.2) is 19.6 Å². The zero-order chi connectivity index (χ0) is 14.1. The molecular weight excluding hydrogens is 299 g/mol. The van der Waals surface area contributed by atoms with Gasteiger partial charge in [0.2, 0.25) is 0 Å². The lowest BCUT2D eigenvalue weighted by Crippen LogP contribution is -2.05. The molecule has 0 aliphatic rings. The molecule has 0 fully saturated rings. The maximum Gasteiger partial charge on any atom is 0.176 e. The Morgan fingerprint density at radius 2 is 1.90 bits per heavy atom. The van der Waals surface area contributed by atoms with Gasteiger partial charge in [-0.3, -0.25) is 4.40 Å². The van der Waals surface area contributed by atoms with E-state index in [1.165, 1.54) is 0 Å². The molecule has 0 spiro atoms. The van der Waals surface area contributed by atoms with Crippen LogP contribution in [0.2, 0.25) is 10.2 Å². The Morgan fingerprint density at radius 3 is 2.65 bits per heavy atom. The highest BCUT2D eigenvalue weighted by molar-refractivity contribution is 6.30. The van der Waals surface area contributed by atoms with Crippen LogP contribution in [0.3, 0.4) is 0 Å². The Balaban J connectivity index is 1.86. The average Bonchev–Trinajstić information content (AvgIpc) is 2.81. The van der Waals surface area contributed by atoms with Crippen molar-refractivity contribution >= 4 is 28.8 Å². The summed E-state index contributed by atoms with van der Waals surface area (Å²) in [5.74, 6) is 2.09. The summed E-state index contributed by atoms with van der Waals surface area (Å²) in [5, 5.41) is 9.21. The van der Waals surface area contributed by atoms with Crippen molar-refractivity contribution in [2.75, 3.05) is 0 Å². The van der Waals surface area contributed by atoms with Crippen LogP contribution >= 0.6 is 23.2 Å². The van der Waals surface area contributed by atoms with Crippen molar-refractivity contribution in [2.24, 2.45) is 0 Å². The van der Waals surface area contributed by atoms with E-state index in [1.54, 1.807) is 30.3 Å². The van der Waals surface area contributed by atoms with E-state index in [9.17, 15) is 0 Å². The van der Waals surface area contributed by atoms with Crippen LogP contribution in [0, 0.1) is 6.92 Å². The van der Waals surface area contributed by atoms with Gasteiger partial charge in [0.15, 0.2) is 11.5 Å². The third-order valence-electron chi connectivity index (χ3n) is 2.78. The lowest BCUT2D eigenvalue weighted by Gasteiger charge is -2.06. The first-order chi connectivity index (χ1) is 9.63. The minimum atomic E-state index is 0.285. The summed E-state index contributed by atoms with van der Waals surface area (Å²) in [6.07, 6.45) is 0. The number of halogens is 2. The topological polar surface area (TPSA) is 52.3 Å². The van der Waals surface area contributed by atoms with Crippen molar-refractivity contribution in [3.8, 4) is 5.75 Å². The fourth-order valence-electron chi connectivity index (χ4n) is 1.89. The molecule has 0 aliphatic carbocycles. The Hall–Kier alpha value is -1.85. The molecule has 5 nitrogen and oxygen atoms in total. The second kappa shape index (κ2) is 5.26. The minimum Gasteiger partial charge on any atom is -0.486 e. The monoisotopic (exact) mass is 308 g/mol. The highest BCUT2D eigenvalue weighted by Crippen LogP contribution is 2.17. The summed E-state index contributed by atoms with van der Waals surface area (Å²) < 4.78 is 7.46. The Kier molecular flexibility index (Phi) is 3.46. The number of fused-ring (bicyclic) bond motifs is 1. The molecule has 1 aromatic carbocycles. The van der Waals surface area contributed by atoms with Crippen LogP contribution in [0.25, 0.3) is 5.65 Å². The molecule has 102 valence electrons. The number of ether oxygens (including phenoxy) is 1. The van der Waals surface area contributed by atoms with Gasteiger partial charge in [-0.25, -0.2) is 4.98 Å². The first-order valence-corrected chi connectivity index (χ1v) is 6.64. The highest BCUT2D eigenvalue weighted by atomic mass is 35.5. The molecular formula is C13H10Cl2N4O. The van der Waals surface area contributed by atoms with Gasteiger partial charge in [-0.2, -0.15) is 0 Å². The van der Waals surface area contributed by atoms with Crippen LogP contribution in [0.4, 0.5) is 0 Å². The third-order valence-corrected chi connectivity index (χ3v) is 3.22. The molecule has 0 N–H and O–H groups in total. The standard InChI is InChI=1S/C13H10Cl2N4O/c1-8-16-11(15)6-12-17-18-13(19(8)12)7-20-10-4-2-9(14)3-5-10/h2-6H,7H2,1H3. The first-order valence-electron chi connectivity index (χ1n) is 5.89. The lowest BCUT2D eigenvalue weighted by molar-refractivity contribution is 0.294. The number of rotatable bonds is 3. The van der Waals surface area contributed by atoms with E-state index < -0.39 is 0 Å². The number of hydrogen-bond acceptors (Lipinski definition) is 4. The smallest absolute Gasteiger partial charge is 0.176 e. The van der Waals surface area contributed by atoms with Crippen LogP contribution in [0.15, 0.2) is 30.3 Å². The second-order valence-electron chi connectivity index (χ2n) is 4.18. The van der Waals surface area contributed by atoms with E-state index in [0.717, 1.165) is 0 Å². The van der Waals surface area contributed by atoms with Crippen molar-refractivity contribution < 1.29 is 4.74 Å². The van der Waals surface area contributed by atoms with Gasteiger partial charge in [-0.05, 0) is 31.2 Å². The second-order valence-corrected chi connectivity index (χ2v) is 5.00. The average molecular weight is 309 g/mol. The number of aryl methyl sites for hydroxylation is 1. The zero-order valence-corrected chi connectivity index (χ0v) is 12.1. The largest absolute Gasteiger partial charge is 0.486 e. The molecule has 20 heavy (non-hydrogen) atoms. The van der Waals surface area contributed by atoms with Gasteiger partial charge in [0, 0.05) is 11.1 Å². The molecule has 0 unspecified atom stereocenters. The van der Waals surface area contributed by atoms with Crippen LogP contribution < -0.4 is 4.74 Å². The molecule has 3 aromatic rings. The van der Waals surface area contributed by atoms with Gasteiger partial charge in [0.25, 0.3) is 0 Å². The zero-order valence-electron chi connectivity index (χ0n) is 10.5. The summed E-state index contributed by atoms with van der Waals surface area (Å²) in [5.41, 5.74) is 0.650. The van der Waals surface area contributed by atoms with Crippen molar-refractivity contribution in [3.63, 3.8) is 0 Å². The van der Waals surface area contributed by atoms with E-state index in [-0.39, 0.29) is 6.61 Å². The van der Waals surface area contributed by atoms with Gasteiger partial charge >= 0.3 is 0 Å². The molecule has 3 rings (SSSR count). The molecule has 0 atom stereocenters. The van der Waals surface area contributed by atoms with Crippen molar-refractivity contribution in [3.05, 3.63) is 52.2 Å². The van der Waals surface area contributed by atoms with E-state index in [1.807, 2.05) is 11.3 Å². The van der Waals surface area contributed by atoms with Crippen LogP contribution in [0.5, 0.6) is 5.75 Å². The highest BCUT2D eigenvalue weighted by Gasteiger charge is 2.10. The van der Waals surface area contributed by atoms with Gasteiger partial charge < -0.3 is 4.74 Å².